The van der Waals surface area contributed by atoms with E-state index in [0.29, 0.717) is 12.6 Å². The van der Waals surface area contributed by atoms with E-state index >= 15 is 0 Å². The zero-order chi connectivity index (χ0) is 9.97. The fourth-order valence-corrected chi connectivity index (χ4v) is 1.36. The van der Waals surface area contributed by atoms with Crippen LogP contribution in [-0.4, -0.2) is 11.1 Å². The number of hydrogen-bond acceptors (Lipinski definition) is 3. The van der Waals surface area contributed by atoms with Crippen molar-refractivity contribution < 1.29 is 4.74 Å². The van der Waals surface area contributed by atoms with Crippen molar-refractivity contribution in [1.29, 1.82) is 0 Å². The van der Waals surface area contributed by atoms with Crippen LogP contribution in [0.4, 0.5) is 0 Å². The molecule has 0 radical (unpaired) electrons. The Labute approximate surface area is 84.3 Å². The van der Waals surface area contributed by atoms with Crippen molar-refractivity contribution in [2.75, 3.05) is 0 Å². The van der Waals surface area contributed by atoms with Crippen LogP contribution in [0.5, 0.6) is 5.75 Å². The number of pyridine rings is 1. The highest BCUT2D eigenvalue weighted by atomic mass is 16.5. The molecule has 14 heavy (non-hydrogen) atoms. The molecule has 76 valence electrons. The van der Waals surface area contributed by atoms with Gasteiger partial charge >= 0.3 is 0 Å². The van der Waals surface area contributed by atoms with Crippen LogP contribution in [0.25, 0.3) is 0 Å². The van der Waals surface area contributed by atoms with Crippen LogP contribution in [0.1, 0.15) is 31.0 Å². The standard InChI is InChI=1S/C11H16N2O/c1-2-8-7-13-9(6-12)5-11(8)14-10-3-4-10/h5,7,10H,2-4,6,12H2,1H3. The molecule has 0 unspecified atom stereocenters. The van der Waals surface area contributed by atoms with Crippen molar-refractivity contribution in [2.24, 2.45) is 5.73 Å². The molecule has 1 aromatic rings. The van der Waals surface area contributed by atoms with Crippen LogP contribution in [0.15, 0.2) is 12.3 Å². The SMILES string of the molecule is CCc1cnc(CN)cc1OC1CC1. The summed E-state index contributed by atoms with van der Waals surface area (Å²) in [5, 5.41) is 0. The van der Waals surface area contributed by atoms with Crippen molar-refractivity contribution in [2.45, 2.75) is 38.8 Å². The van der Waals surface area contributed by atoms with E-state index in [1.165, 1.54) is 18.4 Å². The van der Waals surface area contributed by atoms with E-state index in [9.17, 15) is 0 Å². The molecule has 2 N–H and O–H groups in total. The van der Waals surface area contributed by atoms with Gasteiger partial charge in [0.25, 0.3) is 0 Å². The lowest BCUT2D eigenvalue weighted by atomic mass is 10.2. The van der Waals surface area contributed by atoms with E-state index in [1.807, 2.05) is 12.3 Å². The summed E-state index contributed by atoms with van der Waals surface area (Å²) in [7, 11) is 0. The summed E-state index contributed by atoms with van der Waals surface area (Å²) in [5.74, 6) is 0.977. The largest absolute Gasteiger partial charge is 0.490 e. The molecule has 0 bridgehead atoms. The number of aryl methyl sites for hydroxylation is 1. The molecule has 0 aromatic carbocycles. The van der Waals surface area contributed by atoms with Crippen molar-refractivity contribution in [1.82, 2.24) is 4.98 Å². The van der Waals surface area contributed by atoms with Crippen LogP contribution < -0.4 is 10.5 Å². The minimum Gasteiger partial charge on any atom is -0.490 e. The second-order valence-corrected chi connectivity index (χ2v) is 3.66. The number of aromatic nitrogens is 1. The molecule has 0 saturated heterocycles. The molecule has 1 saturated carbocycles. The van der Waals surface area contributed by atoms with Gasteiger partial charge in [0.15, 0.2) is 0 Å². The fourth-order valence-electron chi connectivity index (χ4n) is 1.36. The molecule has 1 fully saturated rings. The molecule has 0 aliphatic heterocycles. The van der Waals surface area contributed by atoms with Gasteiger partial charge in [-0.1, -0.05) is 6.92 Å². The first kappa shape index (κ1) is 9.46. The summed E-state index contributed by atoms with van der Waals surface area (Å²) < 4.78 is 5.79. The summed E-state index contributed by atoms with van der Waals surface area (Å²) in [6.07, 6.45) is 5.64. The Kier molecular flexibility index (Phi) is 2.68. The lowest BCUT2D eigenvalue weighted by Gasteiger charge is -2.10. The summed E-state index contributed by atoms with van der Waals surface area (Å²) in [6, 6.07) is 1.97. The average Bonchev–Trinajstić information content (AvgIpc) is 3.01. The van der Waals surface area contributed by atoms with E-state index in [0.717, 1.165) is 17.9 Å². The van der Waals surface area contributed by atoms with Crippen LogP contribution in [0, 0.1) is 0 Å². The number of ether oxygens (including phenoxy) is 1. The molecule has 2 rings (SSSR count). The lowest BCUT2D eigenvalue weighted by molar-refractivity contribution is 0.299. The molecule has 0 amide bonds. The third-order valence-electron chi connectivity index (χ3n) is 2.41. The van der Waals surface area contributed by atoms with Gasteiger partial charge in [-0.3, -0.25) is 4.98 Å². The predicted octanol–water partition coefficient (Wildman–Crippen LogP) is 1.64. The molecular weight excluding hydrogens is 176 g/mol. The molecule has 0 atom stereocenters. The zero-order valence-electron chi connectivity index (χ0n) is 8.49. The second-order valence-electron chi connectivity index (χ2n) is 3.66. The second kappa shape index (κ2) is 3.96. The highest BCUT2D eigenvalue weighted by Crippen LogP contribution is 2.29. The Hall–Kier alpha value is -1.09. The molecule has 1 heterocycles. The molecule has 1 aromatic heterocycles. The summed E-state index contributed by atoms with van der Waals surface area (Å²) in [6.45, 7) is 2.59. The Morgan fingerprint density at radius 3 is 2.93 bits per heavy atom. The Bertz CT molecular complexity index is 321. The normalized spacial score (nSPS) is 15.6. The van der Waals surface area contributed by atoms with Gasteiger partial charge in [0, 0.05) is 24.4 Å². The van der Waals surface area contributed by atoms with Gasteiger partial charge in [-0.05, 0) is 19.3 Å². The van der Waals surface area contributed by atoms with E-state index in [1.54, 1.807) is 0 Å². The number of nitrogens with zero attached hydrogens (tertiary/aromatic N) is 1. The van der Waals surface area contributed by atoms with Crippen LogP contribution in [0.3, 0.4) is 0 Å². The maximum Gasteiger partial charge on any atom is 0.126 e. The van der Waals surface area contributed by atoms with E-state index in [2.05, 4.69) is 11.9 Å². The van der Waals surface area contributed by atoms with Crippen LogP contribution in [0.2, 0.25) is 0 Å². The summed E-state index contributed by atoms with van der Waals surface area (Å²) in [4.78, 5) is 4.25. The fraction of sp³-hybridized carbons (Fsp3) is 0.545. The number of nitrogens with two attached hydrogens (primary N) is 1. The van der Waals surface area contributed by atoms with Crippen molar-refractivity contribution in [3.8, 4) is 5.75 Å². The third kappa shape index (κ3) is 2.04. The highest BCUT2D eigenvalue weighted by Gasteiger charge is 2.24. The lowest BCUT2D eigenvalue weighted by Crippen LogP contribution is -2.04. The monoisotopic (exact) mass is 192 g/mol. The van der Waals surface area contributed by atoms with Gasteiger partial charge in [-0.25, -0.2) is 0 Å². The maximum absolute atomic E-state index is 5.79. The number of hydrogen-bond donors (Lipinski definition) is 1. The molecule has 0 spiro atoms. The first-order valence-electron chi connectivity index (χ1n) is 5.18. The Balaban J connectivity index is 2.21. The average molecular weight is 192 g/mol. The quantitative estimate of drug-likeness (QED) is 0.789. The Morgan fingerprint density at radius 2 is 2.36 bits per heavy atom. The maximum atomic E-state index is 5.79. The van der Waals surface area contributed by atoms with Gasteiger partial charge in [0.05, 0.1) is 11.8 Å². The third-order valence-corrected chi connectivity index (χ3v) is 2.41. The van der Waals surface area contributed by atoms with Gasteiger partial charge < -0.3 is 10.5 Å². The summed E-state index contributed by atoms with van der Waals surface area (Å²) >= 11 is 0. The zero-order valence-corrected chi connectivity index (χ0v) is 8.49. The van der Waals surface area contributed by atoms with E-state index in [4.69, 9.17) is 10.5 Å². The minimum absolute atomic E-state index is 0.438. The molecular formula is C11H16N2O. The van der Waals surface area contributed by atoms with Crippen molar-refractivity contribution in [3.63, 3.8) is 0 Å². The van der Waals surface area contributed by atoms with E-state index in [-0.39, 0.29) is 0 Å². The first-order valence-corrected chi connectivity index (χ1v) is 5.18. The van der Waals surface area contributed by atoms with Crippen LogP contribution >= 0.6 is 0 Å². The van der Waals surface area contributed by atoms with Gasteiger partial charge in [-0.2, -0.15) is 0 Å². The highest BCUT2D eigenvalue weighted by molar-refractivity contribution is 5.33. The smallest absolute Gasteiger partial charge is 0.126 e. The topological polar surface area (TPSA) is 48.1 Å². The van der Waals surface area contributed by atoms with Crippen molar-refractivity contribution in [3.05, 3.63) is 23.5 Å². The van der Waals surface area contributed by atoms with Gasteiger partial charge in [0.2, 0.25) is 0 Å². The molecule has 1 aliphatic carbocycles. The van der Waals surface area contributed by atoms with E-state index < -0.39 is 0 Å². The molecule has 3 heteroatoms. The van der Waals surface area contributed by atoms with Crippen molar-refractivity contribution >= 4 is 0 Å². The first-order chi connectivity index (χ1) is 6.83. The Morgan fingerprint density at radius 1 is 1.57 bits per heavy atom. The van der Waals surface area contributed by atoms with Gasteiger partial charge in [0.1, 0.15) is 5.75 Å². The predicted molar refractivity (Wildman–Crippen MR) is 55.2 cm³/mol. The minimum atomic E-state index is 0.438. The van der Waals surface area contributed by atoms with Gasteiger partial charge in [-0.15, -0.1) is 0 Å². The summed E-state index contributed by atoms with van der Waals surface area (Å²) in [5.41, 5.74) is 7.61. The number of rotatable bonds is 4. The van der Waals surface area contributed by atoms with Crippen LogP contribution in [-0.2, 0) is 13.0 Å². The molecule has 1 aliphatic rings. The molecule has 3 nitrogen and oxygen atoms in total.